The van der Waals surface area contributed by atoms with Crippen molar-refractivity contribution in [3.63, 3.8) is 0 Å². The van der Waals surface area contributed by atoms with Crippen molar-refractivity contribution in [3.05, 3.63) is 64.6 Å². The molecule has 1 unspecified atom stereocenters. The van der Waals surface area contributed by atoms with Gasteiger partial charge in [0, 0.05) is 17.8 Å². The number of carbonyl (C=O) groups is 1. The predicted octanol–water partition coefficient (Wildman–Crippen LogP) is 4.56. The van der Waals surface area contributed by atoms with Crippen molar-refractivity contribution in [1.29, 1.82) is 0 Å². The van der Waals surface area contributed by atoms with Gasteiger partial charge in [-0.25, -0.2) is 14.4 Å². The van der Waals surface area contributed by atoms with Crippen LogP contribution in [0.5, 0.6) is 0 Å². The van der Waals surface area contributed by atoms with Crippen molar-refractivity contribution < 1.29 is 13.7 Å². The Labute approximate surface area is 168 Å². The van der Waals surface area contributed by atoms with Crippen molar-refractivity contribution in [1.82, 2.24) is 20.0 Å². The minimum Gasteiger partial charge on any atom is -0.361 e. The van der Waals surface area contributed by atoms with Gasteiger partial charge in [-0.1, -0.05) is 5.16 Å². The third kappa shape index (κ3) is 3.77. The summed E-state index contributed by atoms with van der Waals surface area (Å²) in [5.74, 6) is 0.773. The van der Waals surface area contributed by atoms with E-state index in [0.29, 0.717) is 23.7 Å². The van der Waals surface area contributed by atoms with E-state index in [2.05, 4.69) is 10.1 Å². The number of carbonyl (C=O) groups excluding carboxylic acids is 1. The maximum atomic E-state index is 13.3. The quantitative estimate of drug-likeness (QED) is 0.651. The second kappa shape index (κ2) is 7.73. The second-order valence-corrected chi connectivity index (χ2v) is 7.47. The zero-order chi connectivity index (χ0) is 20.5. The van der Waals surface area contributed by atoms with Crippen LogP contribution in [0.3, 0.4) is 0 Å². The number of aryl methyl sites for hydroxylation is 3. The van der Waals surface area contributed by atoms with Crippen LogP contribution in [0.2, 0.25) is 0 Å². The molecule has 0 saturated carbocycles. The van der Waals surface area contributed by atoms with Crippen molar-refractivity contribution in [2.75, 3.05) is 6.54 Å². The highest BCUT2D eigenvalue weighted by molar-refractivity contribution is 5.94. The van der Waals surface area contributed by atoms with Crippen molar-refractivity contribution in [2.45, 2.75) is 46.1 Å². The van der Waals surface area contributed by atoms with Gasteiger partial charge in [-0.05, 0) is 70.4 Å². The Kier molecular flexibility index (Phi) is 5.13. The maximum absolute atomic E-state index is 13.3. The van der Waals surface area contributed by atoms with Gasteiger partial charge in [0.25, 0.3) is 5.91 Å². The van der Waals surface area contributed by atoms with Gasteiger partial charge < -0.3 is 9.42 Å². The summed E-state index contributed by atoms with van der Waals surface area (Å²) in [5.41, 5.74) is 3.64. The molecular weight excluding hydrogens is 371 g/mol. The molecule has 1 aliphatic heterocycles. The largest absolute Gasteiger partial charge is 0.361 e. The molecule has 150 valence electrons. The Morgan fingerprint density at radius 3 is 2.59 bits per heavy atom. The Bertz CT molecular complexity index is 1030. The molecular formula is C22H23FN4O2. The summed E-state index contributed by atoms with van der Waals surface area (Å²) in [5, 5.41) is 4.00. The zero-order valence-corrected chi connectivity index (χ0v) is 16.8. The highest BCUT2D eigenvalue weighted by Crippen LogP contribution is 2.33. The Morgan fingerprint density at radius 1 is 1.14 bits per heavy atom. The predicted molar refractivity (Wildman–Crippen MR) is 106 cm³/mol. The summed E-state index contributed by atoms with van der Waals surface area (Å²) in [4.78, 5) is 24.4. The first-order chi connectivity index (χ1) is 13.9. The summed E-state index contributed by atoms with van der Waals surface area (Å²) in [6.45, 7) is 6.26. The number of halogens is 1. The van der Waals surface area contributed by atoms with Gasteiger partial charge in [0.05, 0.1) is 23.0 Å². The van der Waals surface area contributed by atoms with Crippen LogP contribution in [-0.2, 0) is 0 Å². The van der Waals surface area contributed by atoms with E-state index >= 15 is 0 Å². The Morgan fingerprint density at radius 2 is 1.90 bits per heavy atom. The molecule has 1 saturated heterocycles. The molecule has 3 heterocycles. The lowest BCUT2D eigenvalue weighted by atomic mass is 9.97. The molecule has 0 radical (unpaired) electrons. The van der Waals surface area contributed by atoms with E-state index < -0.39 is 0 Å². The number of likely N-dealkylation sites (tertiary alicyclic amines) is 1. The van der Waals surface area contributed by atoms with Crippen LogP contribution in [0, 0.1) is 26.6 Å². The molecule has 3 aromatic rings. The fourth-order valence-corrected chi connectivity index (χ4v) is 3.92. The number of piperidine rings is 1. The lowest BCUT2D eigenvalue weighted by molar-refractivity contribution is 0.0606. The van der Waals surface area contributed by atoms with Crippen molar-refractivity contribution in [2.24, 2.45) is 0 Å². The molecule has 6 nitrogen and oxygen atoms in total. The lowest BCUT2D eigenvalue weighted by Gasteiger charge is -2.35. The number of hydrogen-bond acceptors (Lipinski definition) is 5. The van der Waals surface area contributed by atoms with Crippen LogP contribution >= 0.6 is 0 Å². The van der Waals surface area contributed by atoms with Gasteiger partial charge in [-0.15, -0.1) is 0 Å². The summed E-state index contributed by atoms with van der Waals surface area (Å²) in [7, 11) is 0. The smallest absolute Gasteiger partial charge is 0.254 e. The van der Waals surface area contributed by atoms with Crippen LogP contribution in [0.25, 0.3) is 11.4 Å². The van der Waals surface area contributed by atoms with Gasteiger partial charge >= 0.3 is 0 Å². The second-order valence-electron chi connectivity index (χ2n) is 7.47. The van der Waals surface area contributed by atoms with E-state index in [1.54, 1.807) is 0 Å². The van der Waals surface area contributed by atoms with Crippen LogP contribution in [0.1, 0.15) is 58.5 Å². The van der Waals surface area contributed by atoms with E-state index in [-0.39, 0.29) is 17.8 Å². The first kappa shape index (κ1) is 19.2. The average Bonchev–Trinajstić information content (AvgIpc) is 3.05. The third-order valence-corrected chi connectivity index (χ3v) is 5.33. The Hall–Kier alpha value is -3.09. The first-order valence-electron chi connectivity index (χ1n) is 9.79. The molecule has 0 aliphatic carbocycles. The van der Waals surface area contributed by atoms with Gasteiger partial charge in [-0.3, -0.25) is 4.79 Å². The fraction of sp³-hybridized carbons (Fsp3) is 0.364. The van der Waals surface area contributed by atoms with Gasteiger partial charge in [0.2, 0.25) is 0 Å². The van der Waals surface area contributed by atoms with Crippen LogP contribution < -0.4 is 0 Å². The van der Waals surface area contributed by atoms with Gasteiger partial charge in [-0.2, -0.15) is 0 Å². The highest BCUT2D eigenvalue weighted by atomic mass is 19.1. The minimum absolute atomic E-state index is 0.107. The molecule has 7 heteroatoms. The molecule has 29 heavy (non-hydrogen) atoms. The number of hydrogen-bond donors (Lipinski definition) is 0. The van der Waals surface area contributed by atoms with E-state index in [9.17, 15) is 9.18 Å². The molecule has 0 spiro atoms. The summed E-state index contributed by atoms with van der Waals surface area (Å²) in [6, 6.07) is 7.48. The standard InChI is InChI=1S/C22H23FN4O2/c1-13-12-18(25-21(24-13)20-14(2)26-29-15(20)3)19-6-4-5-11-27(19)22(28)16-7-9-17(23)10-8-16/h7-10,12,19H,4-6,11H2,1-3H3. The normalized spacial score (nSPS) is 16.8. The van der Waals surface area contributed by atoms with Crippen molar-refractivity contribution >= 4 is 5.91 Å². The lowest BCUT2D eigenvalue weighted by Crippen LogP contribution is -2.39. The van der Waals surface area contributed by atoms with E-state index in [1.807, 2.05) is 31.7 Å². The summed E-state index contributed by atoms with van der Waals surface area (Å²) < 4.78 is 18.5. The van der Waals surface area contributed by atoms with Crippen LogP contribution in [-0.4, -0.2) is 32.5 Å². The molecule has 1 aliphatic rings. The third-order valence-electron chi connectivity index (χ3n) is 5.33. The molecule has 1 aromatic carbocycles. The van der Waals surface area contributed by atoms with Crippen LogP contribution in [0.15, 0.2) is 34.9 Å². The number of nitrogens with zero attached hydrogens (tertiary/aromatic N) is 4. The number of benzene rings is 1. The van der Waals surface area contributed by atoms with E-state index in [1.165, 1.54) is 24.3 Å². The van der Waals surface area contributed by atoms with E-state index in [4.69, 9.17) is 9.51 Å². The van der Waals surface area contributed by atoms with Gasteiger partial charge in [0.1, 0.15) is 11.6 Å². The fourth-order valence-electron chi connectivity index (χ4n) is 3.92. The molecule has 1 fully saturated rings. The summed E-state index contributed by atoms with van der Waals surface area (Å²) >= 11 is 0. The molecule has 2 aromatic heterocycles. The topological polar surface area (TPSA) is 72.1 Å². The minimum atomic E-state index is -0.354. The summed E-state index contributed by atoms with van der Waals surface area (Å²) in [6.07, 6.45) is 2.77. The zero-order valence-electron chi connectivity index (χ0n) is 16.8. The molecule has 1 amide bonds. The monoisotopic (exact) mass is 394 g/mol. The molecule has 1 atom stereocenters. The van der Waals surface area contributed by atoms with E-state index in [0.717, 1.165) is 41.9 Å². The number of aromatic nitrogens is 3. The highest BCUT2D eigenvalue weighted by Gasteiger charge is 2.30. The molecule has 4 rings (SSSR count). The number of rotatable bonds is 3. The SMILES string of the molecule is Cc1cc(C2CCCCN2C(=O)c2ccc(F)cc2)nc(-c2c(C)noc2C)n1. The first-order valence-corrected chi connectivity index (χ1v) is 9.79. The average molecular weight is 394 g/mol. The van der Waals surface area contributed by atoms with Crippen LogP contribution in [0.4, 0.5) is 4.39 Å². The molecule has 0 N–H and O–H groups in total. The number of amides is 1. The maximum Gasteiger partial charge on any atom is 0.254 e. The van der Waals surface area contributed by atoms with Gasteiger partial charge in [0.15, 0.2) is 5.82 Å². The Balaban J connectivity index is 1.72. The van der Waals surface area contributed by atoms with Crippen molar-refractivity contribution in [3.8, 4) is 11.4 Å². The molecule has 0 bridgehead atoms.